The monoisotopic (exact) mass is 474 g/mol. The summed E-state index contributed by atoms with van der Waals surface area (Å²) in [6, 6.07) is 44.3. The molecule has 0 saturated heterocycles. The minimum absolute atomic E-state index is 0.517. The molecule has 0 amide bonds. The lowest BCUT2D eigenvalue weighted by Gasteiger charge is -2.17. The molecule has 0 aliphatic rings. The molecular formula is C34H23BO2. The van der Waals surface area contributed by atoms with Crippen LogP contribution in [0.4, 0.5) is 0 Å². The van der Waals surface area contributed by atoms with Gasteiger partial charge in [-0.15, -0.1) is 0 Å². The number of hydrogen-bond donors (Lipinski definition) is 2. The molecule has 0 aliphatic carbocycles. The Bertz CT molecular complexity index is 1970. The van der Waals surface area contributed by atoms with Gasteiger partial charge < -0.3 is 10.0 Å². The number of fused-ring (bicyclic) bond motifs is 5. The Kier molecular flexibility index (Phi) is 5.07. The SMILES string of the molecule is OB(O)c1ccc(-c2ccc(-c3cc4ccccc4c4ccccc34)c3ccccc23)c2ccccc12. The van der Waals surface area contributed by atoms with Gasteiger partial charge in [-0.1, -0.05) is 121 Å². The largest absolute Gasteiger partial charge is 0.489 e. The maximum absolute atomic E-state index is 9.93. The van der Waals surface area contributed by atoms with E-state index < -0.39 is 7.12 Å². The molecule has 0 saturated carbocycles. The average molecular weight is 474 g/mol. The fourth-order valence-electron chi connectivity index (χ4n) is 5.83. The molecule has 3 heteroatoms. The molecule has 37 heavy (non-hydrogen) atoms. The lowest BCUT2D eigenvalue weighted by atomic mass is 9.75. The number of rotatable bonds is 3. The molecule has 0 unspecified atom stereocenters. The van der Waals surface area contributed by atoms with E-state index in [0.29, 0.717) is 5.46 Å². The fourth-order valence-corrected chi connectivity index (χ4v) is 5.83. The Balaban J connectivity index is 1.54. The van der Waals surface area contributed by atoms with Gasteiger partial charge in [-0.3, -0.25) is 0 Å². The molecule has 0 aromatic heterocycles. The smallest absolute Gasteiger partial charge is 0.423 e. The summed E-state index contributed by atoms with van der Waals surface area (Å²) in [7, 11) is -1.51. The molecule has 0 atom stereocenters. The third-order valence-corrected chi connectivity index (χ3v) is 7.51. The highest BCUT2D eigenvalue weighted by molar-refractivity contribution is 6.62. The van der Waals surface area contributed by atoms with Crippen molar-refractivity contribution in [3.05, 3.63) is 127 Å². The maximum Gasteiger partial charge on any atom is 0.489 e. The van der Waals surface area contributed by atoms with Crippen molar-refractivity contribution >= 4 is 55.7 Å². The number of benzene rings is 7. The van der Waals surface area contributed by atoms with Crippen LogP contribution < -0.4 is 5.46 Å². The van der Waals surface area contributed by atoms with E-state index in [4.69, 9.17) is 0 Å². The summed E-state index contributed by atoms with van der Waals surface area (Å²) < 4.78 is 0. The van der Waals surface area contributed by atoms with Crippen LogP contribution in [0.25, 0.3) is 65.3 Å². The predicted molar refractivity (Wildman–Crippen MR) is 157 cm³/mol. The van der Waals surface area contributed by atoms with Crippen LogP contribution in [0.2, 0.25) is 0 Å². The molecule has 0 spiro atoms. The van der Waals surface area contributed by atoms with Crippen LogP contribution in [0.5, 0.6) is 0 Å². The van der Waals surface area contributed by atoms with Gasteiger partial charge in [0.25, 0.3) is 0 Å². The number of hydrogen-bond acceptors (Lipinski definition) is 2. The van der Waals surface area contributed by atoms with Crippen LogP contribution >= 0.6 is 0 Å². The quantitative estimate of drug-likeness (QED) is 0.208. The Morgan fingerprint density at radius 2 is 0.757 bits per heavy atom. The van der Waals surface area contributed by atoms with E-state index in [1.165, 1.54) is 43.4 Å². The first kappa shape index (κ1) is 21.8. The van der Waals surface area contributed by atoms with Gasteiger partial charge in [-0.2, -0.15) is 0 Å². The fraction of sp³-hybridized carbons (Fsp3) is 0. The van der Waals surface area contributed by atoms with E-state index in [1.54, 1.807) is 0 Å². The van der Waals surface area contributed by atoms with E-state index in [-0.39, 0.29) is 0 Å². The highest BCUT2D eigenvalue weighted by Gasteiger charge is 2.18. The van der Waals surface area contributed by atoms with Crippen LogP contribution in [-0.4, -0.2) is 17.2 Å². The molecule has 0 radical (unpaired) electrons. The van der Waals surface area contributed by atoms with Crippen LogP contribution in [0.3, 0.4) is 0 Å². The third kappa shape index (κ3) is 3.44. The van der Waals surface area contributed by atoms with Gasteiger partial charge in [0.2, 0.25) is 0 Å². The van der Waals surface area contributed by atoms with Crippen LogP contribution in [0.1, 0.15) is 0 Å². The van der Waals surface area contributed by atoms with Gasteiger partial charge in [-0.25, -0.2) is 0 Å². The molecule has 0 heterocycles. The van der Waals surface area contributed by atoms with Gasteiger partial charge >= 0.3 is 7.12 Å². The molecule has 174 valence electrons. The van der Waals surface area contributed by atoms with Gasteiger partial charge in [0, 0.05) is 0 Å². The zero-order valence-electron chi connectivity index (χ0n) is 20.1. The van der Waals surface area contributed by atoms with E-state index in [2.05, 4.69) is 97.1 Å². The highest BCUT2D eigenvalue weighted by Crippen LogP contribution is 2.41. The summed E-state index contributed by atoms with van der Waals surface area (Å²) in [4.78, 5) is 0. The van der Waals surface area contributed by atoms with E-state index in [9.17, 15) is 10.0 Å². The summed E-state index contributed by atoms with van der Waals surface area (Å²) in [5.74, 6) is 0. The summed E-state index contributed by atoms with van der Waals surface area (Å²) in [5, 5.41) is 29.1. The molecule has 0 fully saturated rings. The second-order valence-corrected chi connectivity index (χ2v) is 9.52. The second kappa shape index (κ2) is 8.60. The second-order valence-electron chi connectivity index (χ2n) is 9.52. The van der Waals surface area contributed by atoms with Crippen molar-refractivity contribution in [1.29, 1.82) is 0 Å². The molecule has 2 N–H and O–H groups in total. The lowest BCUT2D eigenvalue weighted by molar-refractivity contribution is 0.426. The molecular weight excluding hydrogens is 451 g/mol. The zero-order chi connectivity index (χ0) is 24.9. The van der Waals surface area contributed by atoms with Crippen molar-refractivity contribution in [3.63, 3.8) is 0 Å². The standard InChI is InChI=1S/C34H23BO2/c36-35(37)34-20-19-30(27-14-7-8-16-32(27)34)29-17-18-31(26-13-5-4-12-25(26)29)33-21-22-9-1-2-10-23(22)24-11-3-6-15-28(24)33/h1-21,36-37H. The minimum Gasteiger partial charge on any atom is -0.423 e. The molecule has 2 nitrogen and oxygen atoms in total. The Hall–Kier alpha value is -4.44. The molecule has 7 aromatic rings. The van der Waals surface area contributed by atoms with E-state index >= 15 is 0 Å². The molecule has 7 rings (SSSR count). The Morgan fingerprint density at radius 1 is 0.351 bits per heavy atom. The first-order valence-corrected chi connectivity index (χ1v) is 12.5. The van der Waals surface area contributed by atoms with Crippen LogP contribution in [0, 0.1) is 0 Å². The van der Waals surface area contributed by atoms with E-state index in [0.717, 1.165) is 21.9 Å². The first-order valence-electron chi connectivity index (χ1n) is 12.5. The maximum atomic E-state index is 9.93. The average Bonchev–Trinajstić information content (AvgIpc) is 2.95. The summed E-state index contributed by atoms with van der Waals surface area (Å²) >= 11 is 0. The lowest BCUT2D eigenvalue weighted by Crippen LogP contribution is -2.30. The minimum atomic E-state index is -1.51. The van der Waals surface area contributed by atoms with Gasteiger partial charge in [-0.05, 0) is 76.9 Å². The Labute approximate surface area is 215 Å². The van der Waals surface area contributed by atoms with Gasteiger partial charge in [0.1, 0.15) is 0 Å². The molecule has 0 aliphatic heterocycles. The van der Waals surface area contributed by atoms with Gasteiger partial charge in [0.05, 0.1) is 0 Å². The van der Waals surface area contributed by atoms with Crippen LogP contribution in [-0.2, 0) is 0 Å². The van der Waals surface area contributed by atoms with Crippen molar-refractivity contribution in [1.82, 2.24) is 0 Å². The van der Waals surface area contributed by atoms with E-state index in [1.807, 2.05) is 30.3 Å². The van der Waals surface area contributed by atoms with Crippen molar-refractivity contribution < 1.29 is 10.0 Å². The predicted octanol–water partition coefficient (Wildman–Crippen LogP) is 7.31. The molecule has 0 bridgehead atoms. The van der Waals surface area contributed by atoms with Crippen molar-refractivity contribution in [2.24, 2.45) is 0 Å². The van der Waals surface area contributed by atoms with Crippen molar-refractivity contribution in [2.45, 2.75) is 0 Å². The molecule has 7 aromatic carbocycles. The normalized spacial score (nSPS) is 11.5. The van der Waals surface area contributed by atoms with Crippen molar-refractivity contribution in [3.8, 4) is 22.3 Å². The third-order valence-electron chi connectivity index (χ3n) is 7.51. The topological polar surface area (TPSA) is 40.5 Å². The van der Waals surface area contributed by atoms with Crippen LogP contribution in [0.15, 0.2) is 127 Å². The zero-order valence-corrected chi connectivity index (χ0v) is 20.1. The summed E-state index contributed by atoms with van der Waals surface area (Å²) in [5.41, 5.74) is 5.14. The summed E-state index contributed by atoms with van der Waals surface area (Å²) in [6.07, 6.45) is 0. The van der Waals surface area contributed by atoms with Crippen molar-refractivity contribution in [2.75, 3.05) is 0 Å². The van der Waals surface area contributed by atoms with Gasteiger partial charge in [0.15, 0.2) is 0 Å². The summed E-state index contributed by atoms with van der Waals surface area (Å²) in [6.45, 7) is 0. The first-order chi connectivity index (χ1) is 18.2. The highest BCUT2D eigenvalue weighted by atomic mass is 16.4. The Morgan fingerprint density at radius 3 is 1.35 bits per heavy atom.